The predicted octanol–water partition coefficient (Wildman–Crippen LogP) is 2.92. The van der Waals surface area contributed by atoms with Crippen LogP contribution in [0.3, 0.4) is 0 Å². The van der Waals surface area contributed by atoms with Crippen LogP contribution in [0, 0.1) is 18.3 Å². The third-order valence-electron chi connectivity index (χ3n) is 5.84. The fraction of sp³-hybridized carbons (Fsp3) is 0.292. The molecule has 0 spiro atoms. The van der Waals surface area contributed by atoms with Crippen LogP contribution in [0.1, 0.15) is 27.9 Å². The second-order valence-corrected chi connectivity index (χ2v) is 7.94. The van der Waals surface area contributed by atoms with E-state index in [0.29, 0.717) is 36.7 Å². The summed E-state index contributed by atoms with van der Waals surface area (Å²) >= 11 is 0. The zero-order valence-electron chi connectivity index (χ0n) is 17.4. The number of aryl methyl sites for hydroxylation is 1. The Hall–Kier alpha value is -3.79. The van der Waals surface area contributed by atoms with Gasteiger partial charge in [-0.2, -0.15) is 5.26 Å². The van der Waals surface area contributed by atoms with Crippen LogP contribution in [0.5, 0.6) is 11.5 Å². The van der Waals surface area contributed by atoms with Crippen LogP contribution in [-0.2, 0) is 0 Å². The zero-order chi connectivity index (χ0) is 21.4. The van der Waals surface area contributed by atoms with E-state index >= 15 is 0 Å². The number of rotatable bonds is 2. The molecule has 0 saturated carbocycles. The van der Waals surface area contributed by atoms with Gasteiger partial charge in [0.1, 0.15) is 23.7 Å². The number of hydrogen-bond donors (Lipinski definition) is 0. The second kappa shape index (κ2) is 7.80. The molecule has 0 radical (unpaired) electrons. The molecule has 1 amide bonds. The standard InChI is InChI=1S/C24H22N4O3/c1-16-4-2-5-17(10-16)24(29)28-7-3-6-27(8-9-28)23-19(14-25)11-18-12-21-22(31-15-30-21)13-20(18)26-23/h2,4-5,10-13H,3,6-9,15H2,1H3/p+1. The molecular weight excluding hydrogens is 392 g/mol. The van der Waals surface area contributed by atoms with E-state index in [1.807, 2.05) is 54.3 Å². The van der Waals surface area contributed by atoms with Gasteiger partial charge in [-0.3, -0.25) is 9.69 Å². The van der Waals surface area contributed by atoms with E-state index < -0.39 is 0 Å². The van der Waals surface area contributed by atoms with Gasteiger partial charge in [0.2, 0.25) is 6.79 Å². The summed E-state index contributed by atoms with van der Waals surface area (Å²) in [6.45, 7) is 4.91. The summed E-state index contributed by atoms with van der Waals surface area (Å²) in [7, 11) is 0. The maximum atomic E-state index is 13.0. The van der Waals surface area contributed by atoms with E-state index in [-0.39, 0.29) is 12.7 Å². The largest absolute Gasteiger partial charge is 0.454 e. The van der Waals surface area contributed by atoms with Crippen molar-refractivity contribution in [2.75, 3.05) is 37.9 Å². The van der Waals surface area contributed by atoms with Gasteiger partial charge in [-0.25, -0.2) is 4.98 Å². The quantitative estimate of drug-likeness (QED) is 0.643. The average Bonchev–Trinajstić information content (AvgIpc) is 3.09. The number of pyridine rings is 1. The molecule has 2 aliphatic rings. The minimum atomic E-state index is 0.0567. The molecule has 0 atom stereocenters. The molecule has 0 aliphatic carbocycles. The number of benzene rings is 2. The number of fused-ring (bicyclic) bond motifs is 2. The van der Waals surface area contributed by atoms with Gasteiger partial charge < -0.3 is 14.4 Å². The Kier molecular flexibility index (Phi) is 4.83. The Labute approximate surface area is 180 Å². The number of ether oxygens (including phenoxy) is 2. The van der Waals surface area contributed by atoms with E-state index in [0.717, 1.165) is 40.8 Å². The number of hydrogen-bond acceptors (Lipinski definition) is 5. The number of nitrogens with zero attached hydrogens (tertiary/aromatic N) is 3. The molecule has 1 N–H and O–H groups in total. The number of nitriles is 1. The van der Waals surface area contributed by atoms with Crippen LogP contribution in [0.25, 0.3) is 10.9 Å². The Bertz CT molecular complexity index is 1220. The van der Waals surface area contributed by atoms with E-state index in [2.05, 4.69) is 16.0 Å². The summed E-state index contributed by atoms with van der Waals surface area (Å²) in [6, 6.07) is 15.7. The Morgan fingerprint density at radius 2 is 1.90 bits per heavy atom. The highest BCUT2D eigenvalue weighted by molar-refractivity contribution is 5.94. The highest BCUT2D eigenvalue weighted by Gasteiger charge is 2.28. The topological polar surface area (TPSA) is 79.9 Å². The Morgan fingerprint density at radius 1 is 1.06 bits per heavy atom. The van der Waals surface area contributed by atoms with Gasteiger partial charge in [0.25, 0.3) is 11.7 Å². The number of aromatic amines is 1. The van der Waals surface area contributed by atoms with Gasteiger partial charge in [0, 0.05) is 30.0 Å². The molecular formula is C24H23N4O3+. The lowest BCUT2D eigenvalue weighted by Crippen LogP contribution is -2.37. The number of amides is 1. The summed E-state index contributed by atoms with van der Waals surface area (Å²) in [5.41, 5.74) is 3.26. The normalized spacial score (nSPS) is 15.6. The van der Waals surface area contributed by atoms with Crippen molar-refractivity contribution < 1.29 is 19.3 Å². The molecule has 7 nitrogen and oxygen atoms in total. The van der Waals surface area contributed by atoms with E-state index in [9.17, 15) is 10.1 Å². The van der Waals surface area contributed by atoms with Crippen LogP contribution in [0.4, 0.5) is 5.82 Å². The number of aromatic nitrogens is 1. The molecule has 1 saturated heterocycles. The van der Waals surface area contributed by atoms with Crippen molar-refractivity contribution >= 4 is 22.6 Å². The highest BCUT2D eigenvalue weighted by Crippen LogP contribution is 2.35. The fourth-order valence-corrected chi connectivity index (χ4v) is 4.24. The molecule has 5 rings (SSSR count). The number of carbonyl (C=O) groups is 1. The lowest BCUT2D eigenvalue weighted by atomic mass is 10.1. The highest BCUT2D eigenvalue weighted by atomic mass is 16.7. The van der Waals surface area contributed by atoms with Crippen molar-refractivity contribution in [3.63, 3.8) is 0 Å². The molecule has 3 aromatic rings. The predicted molar refractivity (Wildman–Crippen MR) is 115 cm³/mol. The molecule has 2 aliphatic heterocycles. The number of H-pyrrole nitrogens is 1. The van der Waals surface area contributed by atoms with E-state index in [4.69, 9.17) is 9.47 Å². The van der Waals surface area contributed by atoms with Gasteiger partial charge in [0.05, 0.1) is 13.1 Å². The SMILES string of the molecule is Cc1cccc(C(=O)N2CCCN(c3[nH+]c4cc5c(cc4cc3C#N)OCO5)CC2)c1. The smallest absolute Gasteiger partial charge is 0.293 e. The maximum absolute atomic E-state index is 13.0. The van der Waals surface area contributed by atoms with Crippen molar-refractivity contribution in [1.29, 1.82) is 5.26 Å². The van der Waals surface area contributed by atoms with E-state index in [1.54, 1.807) is 0 Å². The first-order valence-electron chi connectivity index (χ1n) is 10.4. The molecule has 1 fully saturated rings. The third kappa shape index (κ3) is 3.61. The molecule has 0 unspecified atom stereocenters. The average molecular weight is 415 g/mol. The molecule has 2 aromatic carbocycles. The lowest BCUT2D eigenvalue weighted by Gasteiger charge is -2.20. The number of carbonyl (C=O) groups excluding carboxylic acids is 1. The minimum absolute atomic E-state index is 0.0567. The van der Waals surface area contributed by atoms with Gasteiger partial charge in [-0.15, -0.1) is 0 Å². The Morgan fingerprint density at radius 3 is 2.71 bits per heavy atom. The van der Waals surface area contributed by atoms with Gasteiger partial charge >= 0.3 is 0 Å². The van der Waals surface area contributed by atoms with Crippen molar-refractivity contribution in [1.82, 2.24) is 4.90 Å². The minimum Gasteiger partial charge on any atom is -0.454 e. The van der Waals surface area contributed by atoms with Crippen molar-refractivity contribution in [3.8, 4) is 17.6 Å². The monoisotopic (exact) mass is 415 g/mol. The molecule has 7 heteroatoms. The van der Waals surface area contributed by atoms with Crippen LogP contribution in [0.2, 0.25) is 0 Å². The van der Waals surface area contributed by atoms with Gasteiger partial charge in [-0.1, -0.05) is 17.7 Å². The lowest BCUT2D eigenvalue weighted by molar-refractivity contribution is -0.330. The first-order valence-corrected chi connectivity index (χ1v) is 10.4. The first kappa shape index (κ1) is 19.2. The first-order chi connectivity index (χ1) is 15.1. The summed E-state index contributed by atoms with van der Waals surface area (Å²) in [5, 5.41) is 10.7. The van der Waals surface area contributed by atoms with Crippen LogP contribution >= 0.6 is 0 Å². The summed E-state index contributed by atoms with van der Waals surface area (Å²) in [4.78, 5) is 20.5. The van der Waals surface area contributed by atoms with Crippen LogP contribution in [-0.4, -0.2) is 43.8 Å². The summed E-state index contributed by atoms with van der Waals surface area (Å²) < 4.78 is 10.9. The van der Waals surface area contributed by atoms with Gasteiger partial charge in [-0.05, 0) is 31.2 Å². The molecule has 31 heavy (non-hydrogen) atoms. The van der Waals surface area contributed by atoms with Crippen molar-refractivity contribution in [2.45, 2.75) is 13.3 Å². The summed E-state index contributed by atoms with van der Waals surface area (Å²) in [6.07, 6.45) is 0.829. The fourth-order valence-electron chi connectivity index (χ4n) is 4.24. The number of nitrogens with one attached hydrogen (secondary N) is 1. The molecule has 3 heterocycles. The van der Waals surface area contributed by atoms with Crippen molar-refractivity contribution in [3.05, 3.63) is 59.2 Å². The van der Waals surface area contributed by atoms with Gasteiger partial charge in [0.15, 0.2) is 11.5 Å². The van der Waals surface area contributed by atoms with Crippen molar-refractivity contribution in [2.24, 2.45) is 0 Å². The number of anilines is 1. The molecule has 156 valence electrons. The third-order valence-corrected chi connectivity index (χ3v) is 5.84. The molecule has 1 aromatic heterocycles. The van der Waals surface area contributed by atoms with Crippen LogP contribution < -0.4 is 19.4 Å². The second-order valence-electron chi connectivity index (χ2n) is 7.94. The summed E-state index contributed by atoms with van der Waals surface area (Å²) in [5.74, 6) is 2.22. The maximum Gasteiger partial charge on any atom is 0.293 e. The molecule has 0 bridgehead atoms. The Balaban J connectivity index is 1.41. The van der Waals surface area contributed by atoms with E-state index in [1.165, 1.54) is 0 Å². The van der Waals surface area contributed by atoms with Crippen LogP contribution in [0.15, 0.2) is 42.5 Å². The zero-order valence-corrected chi connectivity index (χ0v) is 17.4.